The maximum atomic E-state index is 6.11. The Balaban J connectivity index is 1.27. The summed E-state index contributed by atoms with van der Waals surface area (Å²) in [5.74, 6) is 2.64. The lowest BCUT2D eigenvalue weighted by Gasteiger charge is -2.38. The van der Waals surface area contributed by atoms with Gasteiger partial charge < -0.3 is 18.9 Å². The average Bonchev–Trinajstić information content (AvgIpc) is 2.69. The molecule has 1 aliphatic carbocycles. The summed E-state index contributed by atoms with van der Waals surface area (Å²) in [7, 11) is 0. The molecule has 2 saturated heterocycles. The minimum absolute atomic E-state index is 0.0188. The summed E-state index contributed by atoms with van der Waals surface area (Å²) >= 11 is 0. The molecular formula is C22H40O4. The highest BCUT2D eigenvalue weighted by atomic mass is 16.7. The quantitative estimate of drug-likeness (QED) is 0.593. The van der Waals surface area contributed by atoms with Crippen molar-refractivity contribution in [3.05, 3.63) is 0 Å². The molecule has 1 saturated carbocycles. The standard InChI is InChI=1S/C22H40O4/c1-3-5-17-7-10-20(11-8-17)22-25-15-19(16-26-22)9-12-21-23-13-18(6-4-2)14-24-21/h17-22H,3-16H2,1-2H3/t17-,18-,19-,20-,21-,22-. The normalized spacial score (nSPS) is 39.0. The third-order valence-electron chi connectivity index (χ3n) is 6.51. The van der Waals surface area contributed by atoms with E-state index in [-0.39, 0.29) is 12.6 Å². The third kappa shape index (κ3) is 6.19. The number of hydrogen-bond donors (Lipinski definition) is 0. The Bertz CT molecular complexity index is 364. The Morgan fingerprint density at radius 1 is 0.577 bits per heavy atom. The summed E-state index contributed by atoms with van der Waals surface area (Å²) in [5, 5.41) is 0. The van der Waals surface area contributed by atoms with Crippen molar-refractivity contribution in [1.82, 2.24) is 0 Å². The van der Waals surface area contributed by atoms with E-state index in [9.17, 15) is 0 Å². The second-order valence-electron chi connectivity index (χ2n) is 8.80. The molecule has 4 heteroatoms. The minimum Gasteiger partial charge on any atom is -0.352 e. The van der Waals surface area contributed by atoms with E-state index in [4.69, 9.17) is 18.9 Å². The van der Waals surface area contributed by atoms with E-state index < -0.39 is 0 Å². The van der Waals surface area contributed by atoms with E-state index in [1.54, 1.807) is 0 Å². The first-order valence-corrected chi connectivity index (χ1v) is 11.2. The van der Waals surface area contributed by atoms with E-state index in [1.807, 2.05) is 0 Å². The molecule has 2 heterocycles. The maximum absolute atomic E-state index is 6.11. The summed E-state index contributed by atoms with van der Waals surface area (Å²) in [6, 6.07) is 0. The van der Waals surface area contributed by atoms with Crippen molar-refractivity contribution in [3.63, 3.8) is 0 Å². The van der Waals surface area contributed by atoms with Gasteiger partial charge in [-0.15, -0.1) is 0 Å². The lowest BCUT2D eigenvalue weighted by Crippen LogP contribution is -2.39. The Labute approximate surface area is 160 Å². The highest BCUT2D eigenvalue weighted by molar-refractivity contribution is 4.77. The zero-order valence-corrected chi connectivity index (χ0v) is 17.0. The van der Waals surface area contributed by atoms with Gasteiger partial charge in [0.15, 0.2) is 12.6 Å². The van der Waals surface area contributed by atoms with Gasteiger partial charge in [0.05, 0.1) is 26.4 Å². The predicted octanol–water partition coefficient (Wildman–Crippen LogP) is 5.15. The van der Waals surface area contributed by atoms with Crippen LogP contribution in [-0.2, 0) is 18.9 Å². The van der Waals surface area contributed by atoms with E-state index >= 15 is 0 Å². The monoisotopic (exact) mass is 368 g/mol. The Hall–Kier alpha value is -0.160. The van der Waals surface area contributed by atoms with Gasteiger partial charge in [-0.25, -0.2) is 0 Å². The summed E-state index contributed by atoms with van der Waals surface area (Å²) in [6.45, 7) is 7.92. The van der Waals surface area contributed by atoms with Crippen LogP contribution in [0.5, 0.6) is 0 Å². The van der Waals surface area contributed by atoms with Crippen LogP contribution in [0.3, 0.4) is 0 Å². The maximum Gasteiger partial charge on any atom is 0.160 e. The molecule has 0 N–H and O–H groups in total. The third-order valence-corrected chi connectivity index (χ3v) is 6.51. The van der Waals surface area contributed by atoms with E-state index in [0.29, 0.717) is 17.8 Å². The van der Waals surface area contributed by atoms with Crippen molar-refractivity contribution in [3.8, 4) is 0 Å². The number of hydrogen-bond acceptors (Lipinski definition) is 4. The van der Waals surface area contributed by atoms with E-state index in [0.717, 1.165) is 45.2 Å². The van der Waals surface area contributed by atoms with Gasteiger partial charge in [0.2, 0.25) is 0 Å². The zero-order valence-electron chi connectivity index (χ0n) is 17.0. The zero-order chi connectivity index (χ0) is 18.2. The van der Waals surface area contributed by atoms with Crippen LogP contribution in [0.25, 0.3) is 0 Å². The molecule has 3 fully saturated rings. The highest BCUT2D eigenvalue weighted by Gasteiger charge is 2.32. The summed E-state index contributed by atoms with van der Waals surface area (Å²) in [5.41, 5.74) is 0. The predicted molar refractivity (Wildman–Crippen MR) is 103 cm³/mol. The second-order valence-corrected chi connectivity index (χ2v) is 8.80. The van der Waals surface area contributed by atoms with Gasteiger partial charge in [-0.2, -0.15) is 0 Å². The van der Waals surface area contributed by atoms with Crippen molar-refractivity contribution in [2.45, 2.75) is 90.6 Å². The van der Waals surface area contributed by atoms with Crippen LogP contribution >= 0.6 is 0 Å². The summed E-state index contributed by atoms with van der Waals surface area (Å²) in [4.78, 5) is 0. The molecule has 3 aliphatic rings. The van der Waals surface area contributed by atoms with Crippen LogP contribution in [0.2, 0.25) is 0 Å². The molecule has 0 radical (unpaired) electrons. The van der Waals surface area contributed by atoms with Crippen LogP contribution in [0.1, 0.15) is 78.1 Å². The highest BCUT2D eigenvalue weighted by Crippen LogP contribution is 2.36. The van der Waals surface area contributed by atoms with Gasteiger partial charge in [0.25, 0.3) is 0 Å². The minimum atomic E-state index is -0.0188. The largest absolute Gasteiger partial charge is 0.352 e. The Morgan fingerprint density at radius 2 is 1.12 bits per heavy atom. The second kappa shape index (κ2) is 11.0. The molecule has 0 amide bonds. The fourth-order valence-corrected chi connectivity index (χ4v) is 4.85. The molecule has 0 atom stereocenters. The van der Waals surface area contributed by atoms with Crippen LogP contribution in [0, 0.1) is 23.7 Å². The number of ether oxygens (including phenoxy) is 4. The topological polar surface area (TPSA) is 36.9 Å². The van der Waals surface area contributed by atoms with Gasteiger partial charge in [-0.3, -0.25) is 0 Å². The van der Waals surface area contributed by atoms with Gasteiger partial charge >= 0.3 is 0 Å². The van der Waals surface area contributed by atoms with Gasteiger partial charge in [-0.05, 0) is 50.9 Å². The lowest BCUT2D eigenvalue weighted by molar-refractivity contribution is -0.236. The SMILES string of the molecule is CCC[C@H]1CC[C@H]([C@H]2OC[C@H](CC[C@H]3OC[C@H](CCC)CO3)CO2)CC1. The van der Waals surface area contributed by atoms with Crippen molar-refractivity contribution in [1.29, 1.82) is 0 Å². The van der Waals surface area contributed by atoms with E-state index in [2.05, 4.69) is 13.8 Å². The Kier molecular flexibility index (Phi) is 8.70. The fraction of sp³-hybridized carbons (Fsp3) is 1.00. The van der Waals surface area contributed by atoms with Crippen LogP contribution in [0.15, 0.2) is 0 Å². The molecular weight excluding hydrogens is 328 g/mol. The summed E-state index contributed by atoms with van der Waals surface area (Å²) < 4.78 is 24.0. The molecule has 2 aliphatic heterocycles. The molecule has 0 aromatic heterocycles. The fourth-order valence-electron chi connectivity index (χ4n) is 4.85. The molecule has 152 valence electrons. The molecule has 4 nitrogen and oxygen atoms in total. The molecule has 0 aromatic rings. The summed E-state index contributed by atoms with van der Waals surface area (Å²) in [6.07, 6.45) is 12.5. The molecule has 0 spiro atoms. The molecule has 26 heavy (non-hydrogen) atoms. The number of rotatable bonds is 8. The average molecular weight is 369 g/mol. The van der Waals surface area contributed by atoms with E-state index in [1.165, 1.54) is 51.4 Å². The molecule has 0 bridgehead atoms. The van der Waals surface area contributed by atoms with Crippen molar-refractivity contribution in [2.75, 3.05) is 26.4 Å². The van der Waals surface area contributed by atoms with Crippen LogP contribution < -0.4 is 0 Å². The molecule has 0 unspecified atom stereocenters. The first-order chi connectivity index (χ1) is 12.8. The van der Waals surface area contributed by atoms with Crippen molar-refractivity contribution in [2.24, 2.45) is 23.7 Å². The molecule has 3 rings (SSSR count). The van der Waals surface area contributed by atoms with Crippen molar-refractivity contribution < 1.29 is 18.9 Å². The lowest BCUT2D eigenvalue weighted by atomic mass is 9.79. The van der Waals surface area contributed by atoms with Gasteiger partial charge in [0.1, 0.15) is 0 Å². The molecule has 0 aromatic carbocycles. The first-order valence-electron chi connectivity index (χ1n) is 11.2. The van der Waals surface area contributed by atoms with Crippen LogP contribution in [0.4, 0.5) is 0 Å². The van der Waals surface area contributed by atoms with Crippen molar-refractivity contribution >= 4 is 0 Å². The first kappa shape index (κ1) is 20.6. The Morgan fingerprint density at radius 3 is 1.73 bits per heavy atom. The van der Waals surface area contributed by atoms with Gasteiger partial charge in [0, 0.05) is 17.8 Å². The van der Waals surface area contributed by atoms with Crippen LogP contribution in [-0.4, -0.2) is 39.0 Å². The smallest absolute Gasteiger partial charge is 0.160 e. The van der Waals surface area contributed by atoms with Gasteiger partial charge in [-0.1, -0.05) is 33.1 Å².